The highest BCUT2D eigenvalue weighted by Crippen LogP contribution is 2.19. The van der Waals surface area contributed by atoms with Crippen molar-refractivity contribution in [1.82, 2.24) is 9.88 Å². The van der Waals surface area contributed by atoms with E-state index in [0.29, 0.717) is 13.0 Å². The molecule has 0 atom stereocenters. The lowest BCUT2D eigenvalue weighted by molar-refractivity contribution is -0.129. The summed E-state index contributed by atoms with van der Waals surface area (Å²) in [5.41, 5.74) is 4.21. The third-order valence-corrected chi connectivity index (χ3v) is 5.22. The van der Waals surface area contributed by atoms with E-state index in [1.165, 1.54) is 5.69 Å². The van der Waals surface area contributed by atoms with E-state index in [1.807, 2.05) is 37.4 Å². The summed E-state index contributed by atoms with van der Waals surface area (Å²) < 4.78 is 5.41. The van der Waals surface area contributed by atoms with E-state index in [2.05, 4.69) is 34.1 Å². The first kappa shape index (κ1) is 18.4. The summed E-state index contributed by atoms with van der Waals surface area (Å²) in [5.74, 6) is 0.0930. The van der Waals surface area contributed by atoms with Crippen molar-refractivity contribution in [2.75, 3.05) is 38.3 Å². The number of para-hydroxylation sites is 1. The second-order valence-corrected chi connectivity index (χ2v) is 7.18. The monoisotopic (exact) mass is 375 g/mol. The fraction of sp³-hybridized carbons (Fsp3) is 0.304. The number of amides is 1. The zero-order valence-corrected chi connectivity index (χ0v) is 16.2. The molecule has 1 fully saturated rings. The zero-order valence-electron chi connectivity index (χ0n) is 16.2. The van der Waals surface area contributed by atoms with Gasteiger partial charge < -0.3 is 14.5 Å². The van der Waals surface area contributed by atoms with Gasteiger partial charge in [-0.15, -0.1) is 0 Å². The first-order valence-electron chi connectivity index (χ1n) is 9.69. The van der Waals surface area contributed by atoms with E-state index in [4.69, 9.17) is 4.74 Å². The maximum absolute atomic E-state index is 12.8. The van der Waals surface area contributed by atoms with Crippen molar-refractivity contribution < 1.29 is 9.53 Å². The molecule has 1 aliphatic rings. The molecule has 28 heavy (non-hydrogen) atoms. The van der Waals surface area contributed by atoms with Gasteiger partial charge in [0.15, 0.2) is 0 Å². The molecule has 0 bridgehead atoms. The Morgan fingerprint density at radius 2 is 1.82 bits per heavy atom. The number of hydrogen-bond donors (Lipinski definition) is 0. The summed E-state index contributed by atoms with van der Waals surface area (Å²) >= 11 is 0. The lowest BCUT2D eigenvalue weighted by atomic mass is 10.1. The van der Waals surface area contributed by atoms with Crippen LogP contribution in [0.1, 0.15) is 11.1 Å². The molecule has 0 saturated carbocycles. The molecule has 2 aromatic carbocycles. The molecule has 5 nitrogen and oxygen atoms in total. The first-order valence-corrected chi connectivity index (χ1v) is 9.69. The fourth-order valence-corrected chi connectivity index (χ4v) is 3.60. The van der Waals surface area contributed by atoms with Gasteiger partial charge >= 0.3 is 0 Å². The lowest BCUT2D eigenvalue weighted by Gasteiger charge is -2.29. The maximum atomic E-state index is 12.8. The molecule has 0 radical (unpaired) electrons. The molecule has 1 aromatic heterocycles. The molecule has 1 amide bonds. The summed E-state index contributed by atoms with van der Waals surface area (Å²) in [6.45, 7) is 4.01. The number of likely N-dealkylation sites (N-methyl/N-ethyl adjacent to an activating group) is 1. The van der Waals surface area contributed by atoms with Crippen LogP contribution in [-0.2, 0) is 22.5 Å². The van der Waals surface area contributed by atoms with Gasteiger partial charge in [-0.2, -0.15) is 0 Å². The van der Waals surface area contributed by atoms with Gasteiger partial charge in [-0.3, -0.25) is 9.78 Å². The Labute approximate surface area is 165 Å². The average Bonchev–Trinajstić information content (AvgIpc) is 2.75. The summed E-state index contributed by atoms with van der Waals surface area (Å²) in [6.07, 6.45) is 2.13. The predicted octanol–water partition coefficient (Wildman–Crippen LogP) is 3.27. The average molecular weight is 375 g/mol. The number of morpholine rings is 1. The zero-order chi connectivity index (χ0) is 19.3. The molecule has 0 N–H and O–H groups in total. The predicted molar refractivity (Wildman–Crippen MR) is 111 cm³/mol. The number of ether oxygens (including phenoxy) is 1. The van der Waals surface area contributed by atoms with Gasteiger partial charge in [0.1, 0.15) is 0 Å². The number of rotatable bonds is 5. The third-order valence-electron chi connectivity index (χ3n) is 5.22. The number of aromatic nitrogens is 1. The normalized spacial score (nSPS) is 14.2. The minimum atomic E-state index is 0.0930. The Hall–Kier alpha value is -2.92. The molecule has 144 valence electrons. The van der Waals surface area contributed by atoms with Crippen molar-refractivity contribution in [2.45, 2.75) is 13.0 Å². The molecule has 5 heteroatoms. The number of pyridine rings is 1. The number of nitrogens with zero attached hydrogens (tertiary/aromatic N) is 3. The van der Waals surface area contributed by atoms with Gasteiger partial charge in [-0.05, 0) is 29.3 Å². The largest absolute Gasteiger partial charge is 0.378 e. The minimum Gasteiger partial charge on any atom is -0.378 e. The van der Waals surface area contributed by atoms with Crippen LogP contribution in [0.5, 0.6) is 0 Å². The van der Waals surface area contributed by atoms with E-state index in [1.54, 1.807) is 11.1 Å². The Morgan fingerprint density at radius 3 is 2.61 bits per heavy atom. The van der Waals surface area contributed by atoms with Crippen LogP contribution in [0.15, 0.2) is 60.8 Å². The van der Waals surface area contributed by atoms with Crippen molar-refractivity contribution >= 4 is 22.5 Å². The number of hydrogen-bond acceptors (Lipinski definition) is 4. The Morgan fingerprint density at radius 1 is 1.07 bits per heavy atom. The van der Waals surface area contributed by atoms with Gasteiger partial charge in [0.05, 0.1) is 25.2 Å². The summed E-state index contributed by atoms with van der Waals surface area (Å²) in [6, 6.07) is 18.4. The quantitative estimate of drug-likeness (QED) is 0.687. The second-order valence-electron chi connectivity index (χ2n) is 7.18. The first-order chi connectivity index (χ1) is 13.7. The van der Waals surface area contributed by atoms with Crippen molar-refractivity contribution in [3.8, 4) is 0 Å². The standard InChI is InChI=1S/C23H25N3O2/c1-25(17-18-7-9-21(10-8-18)26-12-14-28-15-13-26)22(27)16-20-5-2-4-19-6-3-11-24-23(19)20/h2-11H,12-17H2,1H3. The Balaban J connectivity index is 1.40. The summed E-state index contributed by atoms with van der Waals surface area (Å²) in [7, 11) is 1.86. The van der Waals surface area contributed by atoms with Crippen molar-refractivity contribution in [3.63, 3.8) is 0 Å². The van der Waals surface area contributed by atoms with E-state index in [-0.39, 0.29) is 5.91 Å². The van der Waals surface area contributed by atoms with E-state index in [0.717, 1.165) is 48.3 Å². The molecule has 3 aromatic rings. The molecule has 0 spiro atoms. The lowest BCUT2D eigenvalue weighted by Crippen LogP contribution is -2.36. The molecular weight excluding hydrogens is 350 g/mol. The Kier molecular flexibility index (Phi) is 5.53. The SMILES string of the molecule is CN(Cc1ccc(N2CCOCC2)cc1)C(=O)Cc1cccc2cccnc12. The number of anilines is 1. The van der Waals surface area contributed by atoms with E-state index in [9.17, 15) is 4.79 Å². The number of benzene rings is 2. The van der Waals surface area contributed by atoms with Gasteiger partial charge in [-0.1, -0.05) is 36.4 Å². The minimum absolute atomic E-state index is 0.0930. The third kappa shape index (κ3) is 4.15. The van der Waals surface area contributed by atoms with Gasteiger partial charge in [0.25, 0.3) is 0 Å². The van der Waals surface area contributed by atoms with Crippen LogP contribution in [-0.4, -0.2) is 49.1 Å². The van der Waals surface area contributed by atoms with Gasteiger partial charge in [-0.25, -0.2) is 0 Å². The number of carbonyl (C=O) groups is 1. The second kappa shape index (κ2) is 8.40. The van der Waals surface area contributed by atoms with E-state index >= 15 is 0 Å². The van der Waals surface area contributed by atoms with Crippen LogP contribution < -0.4 is 4.90 Å². The van der Waals surface area contributed by atoms with Crippen LogP contribution in [0.2, 0.25) is 0 Å². The van der Waals surface area contributed by atoms with Crippen LogP contribution >= 0.6 is 0 Å². The van der Waals surface area contributed by atoms with Crippen LogP contribution in [0, 0.1) is 0 Å². The van der Waals surface area contributed by atoms with Gasteiger partial charge in [0.2, 0.25) is 5.91 Å². The highest BCUT2D eigenvalue weighted by molar-refractivity contribution is 5.87. The number of carbonyl (C=O) groups excluding carboxylic acids is 1. The highest BCUT2D eigenvalue weighted by Gasteiger charge is 2.14. The van der Waals surface area contributed by atoms with Crippen LogP contribution in [0.4, 0.5) is 5.69 Å². The number of fused-ring (bicyclic) bond motifs is 1. The van der Waals surface area contributed by atoms with Crippen LogP contribution in [0.3, 0.4) is 0 Å². The Bertz CT molecular complexity index is 944. The molecule has 1 aliphatic heterocycles. The molecular formula is C23H25N3O2. The van der Waals surface area contributed by atoms with Crippen molar-refractivity contribution in [3.05, 3.63) is 71.9 Å². The highest BCUT2D eigenvalue weighted by atomic mass is 16.5. The topological polar surface area (TPSA) is 45.7 Å². The molecule has 1 saturated heterocycles. The van der Waals surface area contributed by atoms with Crippen LogP contribution in [0.25, 0.3) is 10.9 Å². The van der Waals surface area contributed by atoms with Gasteiger partial charge in [0, 0.05) is 44.0 Å². The summed E-state index contributed by atoms with van der Waals surface area (Å²) in [4.78, 5) is 21.3. The van der Waals surface area contributed by atoms with Crippen molar-refractivity contribution in [2.24, 2.45) is 0 Å². The molecule has 0 unspecified atom stereocenters. The maximum Gasteiger partial charge on any atom is 0.227 e. The molecule has 4 rings (SSSR count). The van der Waals surface area contributed by atoms with E-state index < -0.39 is 0 Å². The fourth-order valence-electron chi connectivity index (χ4n) is 3.60. The molecule has 0 aliphatic carbocycles. The smallest absolute Gasteiger partial charge is 0.227 e. The summed E-state index contributed by atoms with van der Waals surface area (Å²) in [5, 5.41) is 1.06. The van der Waals surface area contributed by atoms with Crippen molar-refractivity contribution in [1.29, 1.82) is 0 Å². The molecule has 2 heterocycles.